The third kappa shape index (κ3) is 3.77. The molecule has 1 aliphatic heterocycles. The van der Waals surface area contributed by atoms with E-state index < -0.39 is 5.97 Å². The summed E-state index contributed by atoms with van der Waals surface area (Å²) >= 11 is 0. The first-order valence-corrected chi connectivity index (χ1v) is 10.1. The van der Waals surface area contributed by atoms with Crippen LogP contribution in [0.2, 0.25) is 0 Å². The zero-order chi connectivity index (χ0) is 20.5. The van der Waals surface area contributed by atoms with Crippen molar-refractivity contribution in [1.82, 2.24) is 9.88 Å². The first kappa shape index (κ1) is 19.2. The summed E-state index contributed by atoms with van der Waals surface area (Å²) in [6, 6.07) is 13.3. The summed E-state index contributed by atoms with van der Waals surface area (Å²) in [5.41, 5.74) is 5.33. The zero-order valence-corrected chi connectivity index (χ0v) is 16.9. The molecule has 0 atom stereocenters. The monoisotopic (exact) mass is 390 g/mol. The van der Waals surface area contributed by atoms with Gasteiger partial charge in [0.1, 0.15) is 5.69 Å². The van der Waals surface area contributed by atoms with Crippen LogP contribution in [0.5, 0.6) is 0 Å². The van der Waals surface area contributed by atoms with Gasteiger partial charge in [-0.05, 0) is 73.9 Å². The number of aromatic nitrogens is 1. The van der Waals surface area contributed by atoms with Crippen LogP contribution >= 0.6 is 0 Å². The summed E-state index contributed by atoms with van der Waals surface area (Å²) in [6.45, 7) is 5.56. The number of aromatic amines is 1. The van der Waals surface area contributed by atoms with Gasteiger partial charge in [-0.2, -0.15) is 0 Å². The molecular formula is C24H26N2O3. The number of nitrogens with one attached hydrogen (secondary N) is 1. The molecule has 0 bridgehead atoms. The van der Waals surface area contributed by atoms with Crippen molar-refractivity contribution in [3.05, 3.63) is 70.4 Å². The van der Waals surface area contributed by atoms with E-state index in [2.05, 4.69) is 24.9 Å². The third-order valence-corrected chi connectivity index (χ3v) is 6.23. The molecule has 3 aromatic rings. The number of carbonyl (C=O) groups excluding carboxylic acids is 1. The summed E-state index contributed by atoms with van der Waals surface area (Å²) in [6.07, 6.45) is 2.52. The highest BCUT2D eigenvalue weighted by molar-refractivity contribution is 5.99. The van der Waals surface area contributed by atoms with Crippen LogP contribution in [0.15, 0.2) is 42.5 Å². The number of hydrogen-bond acceptors (Lipinski definition) is 2. The number of carboxylic acids is 1. The quantitative estimate of drug-likeness (QED) is 0.685. The van der Waals surface area contributed by atoms with E-state index in [1.165, 1.54) is 11.1 Å². The Morgan fingerprint density at radius 3 is 2.55 bits per heavy atom. The molecule has 2 N–H and O–H groups in total. The lowest BCUT2D eigenvalue weighted by molar-refractivity contribution is 0.0685. The van der Waals surface area contributed by atoms with Gasteiger partial charge in [-0.25, -0.2) is 4.79 Å². The Labute approximate surface area is 170 Å². The van der Waals surface area contributed by atoms with Crippen LogP contribution in [0.3, 0.4) is 0 Å². The van der Waals surface area contributed by atoms with Crippen molar-refractivity contribution in [2.75, 3.05) is 13.1 Å². The summed E-state index contributed by atoms with van der Waals surface area (Å²) in [5, 5.41) is 10.5. The van der Waals surface area contributed by atoms with Crippen molar-refractivity contribution in [3.8, 4) is 0 Å². The molecule has 1 aromatic heterocycles. The van der Waals surface area contributed by atoms with E-state index in [4.69, 9.17) is 0 Å². The fraction of sp³-hybridized carbons (Fsp3) is 0.333. The van der Waals surface area contributed by atoms with Crippen LogP contribution in [0, 0.1) is 19.8 Å². The number of piperidine rings is 1. The second-order valence-electron chi connectivity index (χ2n) is 8.05. The van der Waals surface area contributed by atoms with Gasteiger partial charge in [-0.1, -0.05) is 24.3 Å². The Hall–Kier alpha value is -3.08. The molecule has 5 heteroatoms. The van der Waals surface area contributed by atoms with Crippen LogP contribution in [0.1, 0.15) is 50.4 Å². The number of H-pyrrole nitrogens is 1. The highest BCUT2D eigenvalue weighted by Gasteiger charge is 2.26. The average molecular weight is 390 g/mol. The first-order valence-electron chi connectivity index (χ1n) is 10.1. The molecule has 2 aromatic carbocycles. The molecule has 1 amide bonds. The lowest BCUT2D eigenvalue weighted by Gasteiger charge is -2.32. The van der Waals surface area contributed by atoms with Crippen molar-refractivity contribution in [2.24, 2.45) is 5.92 Å². The number of likely N-dealkylation sites (tertiary alicyclic amines) is 1. The molecule has 0 saturated carbocycles. The third-order valence-electron chi connectivity index (χ3n) is 6.23. The van der Waals surface area contributed by atoms with Crippen LogP contribution in [-0.4, -0.2) is 40.0 Å². The minimum Gasteiger partial charge on any atom is -0.478 e. The summed E-state index contributed by atoms with van der Waals surface area (Å²) < 4.78 is 0. The predicted molar refractivity (Wildman–Crippen MR) is 114 cm³/mol. The number of benzene rings is 2. The smallest absolute Gasteiger partial charge is 0.335 e. The van der Waals surface area contributed by atoms with E-state index >= 15 is 0 Å². The van der Waals surface area contributed by atoms with E-state index in [0.29, 0.717) is 30.3 Å². The summed E-state index contributed by atoms with van der Waals surface area (Å²) in [4.78, 5) is 29.6. The van der Waals surface area contributed by atoms with Gasteiger partial charge < -0.3 is 15.0 Å². The van der Waals surface area contributed by atoms with Crippen LogP contribution in [0.25, 0.3) is 10.9 Å². The van der Waals surface area contributed by atoms with Gasteiger partial charge in [0.15, 0.2) is 0 Å². The number of aryl methyl sites for hydroxylation is 2. The Morgan fingerprint density at radius 1 is 1.10 bits per heavy atom. The molecule has 0 aliphatic carbocycles. The highest BCUT2D eigenvalue weighted by Crippen LogP contribution is 2.26. The SMILES string of the molecule is Cc1ccc2[nH]c(C(=O)N3CCC(Cc4ccccc4C(=O)O)CC3)cc2c1C. The van der Waals surface area contributed by atoms with Gasteiger partial charge in [-0.15, -0.1) is 0 Å². The molecule has 29 heavy (non-hydrogen) atoms. The molecule has 150 valence electrons. The number of carboxylic acid groups (broad SMARTS) is 1. The minimum atomic E-state index is -0.877. The molecule has 1 aliphatic rings. The molecule has 2 heterocycles. The Kier molecular flexibility index (Phi) is 5.14. The van der Waals surface area contributed by atoms with Gasteiger partial charge in [0.2, 0.25) is 0 Å². The fourth-order valence-corrected chi connectivity index (χ4v) is 4.30. The maximum atomic E-state index is 13.0. The Bertz CT molecular complexity index is 1070. The molecule has 0 radical (unpaired) electrons. The normalized spacial score (nSPS) is 15.0. The number of amides is 1. The number of hydrogen-bond donors (Lipinski definition) is 2. The second kappa shape index (κ2) is 7.74. The van der Waals surface area contributed by atoms with Gasteiger partial charge >= 0.3 is 5.97 Å². The standard InChI is InChI=1S/C24H26N2O3/c1-15-7-8-21-20(16(15)2)14-22(25-21)23(27)26-11-9-17(10-12-26)13-18-5-3-4-6-19(18)24(28)29/h3-8,14,17,25H,9-13H2,1-2H3,(H,28,29). The number of nitrogens with zero attached hydrogens (tertiary/aromatic N) is 1. The Balaban J connectivity index is 1.43. The van der Waals surface area contributed by atoms with Crippen molar-refractivity contribution in [1.29, 1.82) is 0 Å². The minimum absolute atomic E-state index is 0.0441. The summed E-state index contributed by atoms with van der Waals surface area (Å²) in [7, 11) is 0. The number of carbonyl (C=O) groups is 2. The van der Waals surface area contributed by atoms with Gasteiger partial charge in [0.25, 0.3) is 5.91 Å². The number of aromatic carboxylic acids is 1. The molecular weight excluding hydrogens is 364 g/mol. The Morgan fingerprint density at radius 2 is 1.83 bits per heavy atom. The van der Waals surface area contributed by atoms with E-state index in [1.807, 2.05) is 29.2 Å². The second-order valence-corrected chi connectivity index (χ2v) is 8.05. The summed E-state index contributed by atoms with van der Waals surface area (Å²) in [5.74, 6) is -0.438. The van der Waals surface area contributed by atoms with E-state index in [9.17, 15) is 14.7 Å². The van der Waals surface area contributed by atoms with Crippen LogP contribution < -0.4 is 0 Å². The van der Waals surface area contributed by atoms with Crippen molar-refractivity contribution < 1.29 is 14.7 Å². The molecule has 5 nitrogen and oxygen atoms in total. The first-order chi connectivity index (χ1) is 13.9. The van der Waals surface area contributed by atoms with E-state index in [1.54, 1.807) is 12.1 Å². The maximum absolute atomic E-state index is 13.0. The molecule has 4 rings (SSSR count). The van der Waals surface area contributed by atoms with Crippen molar-refractivity contribution >= 4 is 22.8 Å². The predicted octanol–water partition coefficient (Wildman–Crippen LogP) is 4.58. The fourth-order valence-electron chi connectivity index (χ4n) is 4.30. The van der Waals surface area contributed by atoms with E-state index in [0.717, 1.165) is 35.7 Å². The van der Waals surface area contributed by atoms with Crippen molar-refractivity contribution in [3.63, 3.8) is 0 Å². The number of fused-ring (bicyclic) bond motifs is 1. The number of rotatable bonds is 4. The van der Waals surface area contributed by atoms with Gasteiger partial charge in [0.05, 0.1) is 5.56 Å². The largest absolute Gasteiger partial charge is 0.478 e. The van der Waals surface area contributed by atoms with Crippen molar-refractivity contribution in [2.45, 2.75) is 33.1 Å². The molecule has 0 unspecified atom stereocenters. The zero-order valence-electron chi connectivity index (χ0n) is 16.9. The lowest BCUT2D eigenvalue weighted by atomic mass is 9.88. The van der Waals surface area contributed by atoms with E-state index in [-0.39, 0.29) is 5.91 Å². The molecule has 0 spiro atoms. The lowest BCUT2D eigenvalue weighted by Crippen LogP contribution is -2.39. The van der Waals surface area contributed by atoms with Gasteiger partial charge in [0, 0.05) is 24.0 Å². The topological polar surface area (TPSA) is 73.4 Å². The maximum Gasteiger partial charge on any atom is 0.335 e. The van der Waals surface area contributed by atoms with Crippen LogP contribution in [-0.2, 0) is 6.42 Å². The van der Waals surface area contributed by atoms with Crippen LogP contribution in [0.4, 0.5) is 0 Å². The van der Waals surface area contributed by atoms with Gasteiger partial charge in [-0.3, -0.25) is 4.79 Å². The highest BCUT2D eigenvalue weighted by atomic mass is 16.4. The average Bonchev–Trinajstić information content (AvgIpc) is 3.16. The molecule has 1 fully saturated rings. The molecule has 1 saturated heterocycles.